The lowest BCUT2D eigenvalue weighted by Crippen LogP contribution is -2.28. The van der Waals surface area contributed by atoms with Crippen molar-refractivity contribution < 1.29 is 4.74 Å². The van der Waals surface area contributed by atoms with Crippen LogP contribution >= 0.6 is 11.6 Å². The molecule has 0 atom stereocenters. The Labute approximate surface area is 176 Å². The smallest absolute Gasteiger partial charge is 0.351 e. The SMILES string of the molecule is COc1cccc(-c2nc3c4ccccc4n(Cc4ccc(Cl)cc4)c(=O)n3n2)c1. The lowest BCUT2D eigenvalue weighted by Gasteiger charge is -2.11. The monoisotopic (exact) mass is 416 g/mol. The van der Waals surface area contributed by atoms with E-state index in [9.17, 15) is 4.79 Å². The summed E-state index contributed by atoms with van der Waals surface area (Å²) in [5.41, 5.74) is 2.83. The van der Waals surface area contributed by atoms with Crippen molar-refractivity contribution in [2.75, 3.05) is 7.11 Å². The molecule has 2 aromatic heterocycles. The summed E-state index contributed by atoms with van der Waals surface area (Å²) in [6.07, 6.45) is 0. The predicted octanol–water partition coefficient (Wildman–Crippen LogP) is 4.42. The maximum absolute atomic E-state index is 13.4. The minimum atomic E-state index is -0.250. The summed E-state index contributed by atoms with van der Waals surface area (Å²) >= 11 is 6.00. The van der Waals surface area contributed by atoms with Crippen LogP contribution in [0.1, 0.15) is 5.56 Å². The molecule has 6 nitrogen and oxygen atoms in total. The number of fused-ring (bicyclic) bond motifs is 3. The third kappa shape index (κ3) is 3.11. The van der Waals surface area contributed by atoms with E-state index in [2.05, 4.69) is 10.1 Å². The molecule has 3 aromatic carbocycles. The summed E-state index contributed by atoms with van der Waals surface area (Å²) < 4.78 is 8.37. The van der Waals surface area contributed by atoms with Gasteiger partial charge in [0.1, 0.15) is 5.75 Å². The number of hydrogen-bond acceptors (Lipinski definition) is 4. The molecule has 5 rings (SSSR count). The summed E-state index contributed by atoms with van der Waals surface area (Å²) in [5.74, 6) is 1.18. The van der Waals surface area contributed by atoms with Gasteiger partial charge in [0, 0.05) is 16.0 Å². The maximum Gasteiger partial charge on any atom is 0.351 e. The fraction of sp³-hybridized carbons (Fsp3) is 0.0870. The van der Waals surface area contributed by atoms with Crippen molar-refractivity contribution in [3.8, 4) is 17.1 Å². The topological polar surface area (TPSA) is 61.4 Å². The number of nitrogens with zero attached hydrogens (tertiary/aromatic N) is 4. The molecule has 5 aromatic rings. The molecule has 0 amide bonds. The van der Waals surface area contributed by atoms with Crippen LogP contribution < -0.4 is 10.4 Å². The van der Waals surface area contributed by atoms with Crippen LogP contribution in [0, 0.1) is 0 Å². The maximum atomic E-state index is 13.4. The van der Waals surface area contributed by atoms with Crippen LogP contribution in [-0.2, 0) is 6.54 Å². The predicted molar refractivity (Wildman–Crippen MR) is 117 cm³/mol. The largest absolute Gasteiger partial charge is 0.497 e. The zero-order valence-corrected chi connectivity index (χ0v) is 16.9. The summed E-state index contributed by atoms with van der Waals surface area (Å²) in [4.78, 5) is 18.0. The quantitative estimate of drug-likeness (QED) is 0.435. The number of methoxy groups -OCH3 is 1. The number of halogens is 1. The number of rotatable bonds is 4. The molecule has 0 spiro atoms. The fourth-order valence-corrected chi connectivity index (χ4v) is 3.67. The molecule has 7 heteroatoms. The first-order valence-corrected chi connectivity index (χ1v) is 9.79. The Bertz CT molecular complexity index is 1440. The highest BCUT2D eigenvalue weighted by Crippen LogP contribution is 2.24. The van der Waals surface area contributed by atoms with E-state index in [0.29, 0.717) is 28.8 Å². The van der Waals surface area contributed by atoms with E-state index in [1.807, 2.05) is 72.8 Å². The molecular formula is C23H17ClN4O2. The van der Waals surface area contributed by atoms with Gasteiger partial charge in [-0.2, -0.15) is 4.52 Å². The summed E-state index contributed by atoms with van der Waals surface area (Å²) in [7, 11) is 1.61. The van der Waals surface area contributed by atoms with Gasteiger partial charge in [0.25, 0.3) is 0 Å². The Hall–Kier alpha value is -3.64. The van der Waals surface area contributed by atoms with Gasteiger partial charge in [0.2, 0.25) is 0 Å². The van der Waals surface area contributed by atoms with E-state index in [4.69, 9.17) is 16.3 Å². The van der Waals surface area contributed by atoms with Crippen molar-refractivity contribution in [3.63, 3.8) is 0 Å². The van der Waals surface area contributed by atoms with Gasteiger partial charge in [0.15, 0.2) is 11.5 Å². The molecule has 0 bridgehead atoms. The van der Waals surface area contributed by atoms with Gasteiger partial charge >= 0.3 is 5.69 Å². The van der Waals surface area contributed by atoms with Crippen LogP contribution in [0.15, 0.2) is 77.6 Å². The molecule has 0 aliphatic rings. The Balaban J connectivity index is 1.73. The van der Waals surface area contributed by atoms with Crippen molar-refractivity contribution in [2.45, 2.75) is 6.54 Å². The van der Waals surface area contributed by atoms with Gasteiger partial charge in [-0.25, -0.2) is 9.78 Å². The number of aromatic nitrogens is 4. The first kappa shape index (κ1) is 18.4. The van der Waals surface area contributed by atoms with E-state index in [1.165, 1.54) is 4.52 Å². The van der Waals surface area contributed by atoms with E-state index in [-0.39, 0.29) is 5.69 Å². The Morgan fingerprint density at radius 2 is 1.80 bits per heavy atom. The highest BCUT2D eigenvalue weighted by Gasteiger charge is 2.16. The number of hydrogen-bond donors (Lipinski definition) is 0. The van der Waals surface area contributed by atoms with Gasteiger partial charge in [-0.15, -0.1) is 5.10 Å². The zero-order chi connectivity index (χ0) is 20.7. The molecular weight excluding hydrogens is 400 g/mol. The van der Waals surface area contributed by atoms with Gasteiger partial charge in [-0.3, -0.25) is 4.57 Å². The Kier molecular flexibility index (Phi) is 4.48. The highest BCUT2D eigenvalue weighted by atomic mass is 35.5. The van der Waals surface area contributed by atoms with E-state index < -0.39 is 0 Å². The average Bonchev–Trinajstić information content (AvgIpc) is 3.24. The minimum absolute atomic E-state index is 0.250. The van der Waals surface area contributed by atoms with Crippen LogP contribution in [-0.4, -0.2) is 26.3 Å². The van der Waals surface area contributed by atoms with E-state index in [1.54, 1.807) is 11.7 Å². The molecule has 0 N–H and O–H groups in total. The number of para-hydroxylation sites is 1. The second-order valence-corrected chi connectivity index (χ2v) is 7.35. The third-order valence-corrected chi connectivity index (χ3v) is 5.29. The van der Waals surface area contributed by atoms with E-state index >= 15 is 0 Å². The van der Waals surface area contributed by atoms with Crippen LogP contribution in [0.5, 0.6) is 5.75 Å². The molecule has 30 heavy (non-hydrogen) atoms. The molecule has 0 saturated carbocycles. The first-order valence-electron chi connectivity index (χ1n) is 9.41. The second kappa shape index (κ2) is 7.31. The summed E-state index contributed by atoms with van der Waals surface area (Å²) in [6.45, 7) is 0.404. The van der Waals surface area contributed by atoms with Crippen LogP contribution in [0.4, 0.5) is 0 Å². The molecule has 148 valence electrons. The molecule has 0 radical (unpaired) electrons. The minimum Gasteiger partial charge on any atom is -0.497 e. The number of ether oxygens (including phenoxy) is 1. The molecule has 0 unspecified atom stereocenters. The average molecular weight is 417 g/mol. The van der Waals surface area contributed by atoms with Crippen molar-refractivity contribution in [3.05, 3.63) is 93.9 Å². The van der Waals surface area contributed by atoms with Gasteiger partial charge in [0.05, 0.1) is 19.2 Å². The Morgan fingerprint density at radius 1 is 1.00 bits per heavy atom. The lowest BCUT2D eigenvalue weighted by molar-refractivity contribution is 0.415. The zero-order valence-electron chi connectivity index (χ0n) is 16.1. The molecule has 0 aliphatic carbocycles. The van der Waals surface area contributed by atoms with Crippen molar-refractivity contribution in [2.24, 2.45) is 0 Å². The molecule has 2 heterocycles. The fourth-order valence-electron chi connectivity index (χ4n) is 3.54. The van der Waals surface area contributed by atoms with Gasteiger partial charge < -0.3 is 4.74 Å². The van der Waals surface area contributed by atoms with Gasteiger partial charge in [-0.05, 0) is 42.0 Å². The molecule has 0 fully saturated rings. The van der Waals surface area contributed by atoms with Crippen molar-refractivity contribution >= 4 is 28.2 Å². The van der Waals surface area contributed by atoms with Gasteiger partial charge in [-0.1, -0.05) is 48.0 Å². The lowest BCUT2D eigenvalue weighted by atomic mass is 10.2. The Morgan fingerprint density at radius 3 is 2.60 bits per heavy atom. The number of benzene rings is 3. The van der Waals surface area contributed by atoms with Crippen molar-refractivity contribution in [1.82, 2.24) is 19.2 Å². The highest BCUT2D eigenvalue weighted by molar-refractivity contribution is 6.30. The van der Waals surface area contributed by atoms with Crippen molar-refractivity contribution in [1.29, 1.82) is 0 Å². The van der Waals surface area contributed by atoms with Crippen LogP contribution in [0.25, 0.3) is 27.9 Å². The molecule has 0 saturated heterocycles. The third-order valence-electron chi connectivity index (χ3n) is 5.04. The van der Waals surface area contributed by atoms with Crippen LogP contribution in [0.2, 0.25) is 5.02 Å². The summed E-state index contributed by atoms with van der Waals surface area (Å²) in [5, 5.41) is 6.03. The van der Waals surface area contributed by atoms with Crippen LogP contribution in [0.3, 0.4) is 0 Å². The molecule has 0 aliphatic heterocycles. The summed E-state index contributed by atoms with van der Waals surface area (Å²) in [6, 6.07) is 22.7. The standard InChI is InChI=1S/C23H17ClN4O2/c1-30-18-6-4-5-16(13-18)21-25-22-19-7-2-3-8-20(19)27(23(29)28(22)26-21)14-15-9-11-17(24)12-10-15/h2-13H,14H2,1H3. The second-order valence-electron chi connectivity index (χ2n) is 6.92. The first-order chi connectivity index (χ1) is 14.6. The van der Waals surface area contributed by atoms with E-state index in [0.717, 1.165) is 22.0 Å². The normalized spacial score (nSPS) is 11.3.